The average Bonchev–Trinajstić information content (AvgIpc) is 2.36. The second kappa shape index (κ2) is 5.42. The summed E-state index contributed by atoms with van der Waals surface area (Å²) < 4.78 is 5.41. The first kappa shape index (κ1) is 13.6. The summed E-state index contributed by atoms with van der Waals surface area (Å²) in [4.78, 5) is 0. The lowest BCUT2D eigenvalue weighted by atomic mass is 9.99. The quantitative estimate of drug-likeness (QED) is 0.634. The number of benzene rings is 1. The number of hydrogen-bond acceptors (Lipinski definition) is 5. The third kappa shape index (κ3) is 2.76. The number of aliphatic hydroxyl groups excluding tert-OH is 3. The van der Waals surface area contributed by atoms with Gasteiger partial charge in [-0.15, -0.1) is 0 Å². The van der Waals surface area contributed by atoms with Crippen molar-refractivity contribution in [3.8, 4) is 0 Å². The van der Waals surface area contributed by atoms with Gasteiger partial charge in [0.1, 0.15) is 18.3 Å². The topological polar surface area (TPSA) is 82.0 Å². The molecule has 1 fully saturated rings. The lowest BCUT2D eigenvalue weighted by Crippen LogP contribution is -2.58. The average molecular weight is 274 g/mol. The maximum Gasteiger partial charge on any atom is 0.157 e. The van der Waals surface area contributed by atoms with Gasteiger partial charge < -0.3 is 25.4 Å². The standard InChI is InChI=1S/C12H16ClNO4/c1-6-9(15)10(16)11(17)12(18-6)14-8-4-2-7(13)3-5-8/h2-6,9-12,14-17H,1H3/t6-,9+,10+,11+,12-/m1/s1. The van der Waals surface area contributed by atoms with Gasteiger partial charge in [0.05, 0.1) is 6.10 Å². The van der Waals surface area contributed by atoms with Gasteiger partial charge in [-0.1, -0.05) is 11.6 Å². The van der Waals surface area contributed by atoms with Crippen LogP contribution in [0.5, 0.6) is 0 Å². The molecule has 4 N–H and O–H groups in total. The lowest BCUT2D eigenvalue weighted by Gasteiger charge is -2.39. The molecule has 1 aromatic carbocycles. The van der Waals surface area contributed by atoms with Crippen LogP contribution in [-0.2, 0) is 4.74 Å². The molecule has 0 radical (unpaired) electrons. The maximum atomic E-state index is 9.82. The highest BCUT2D eigenvalue weighted by atomic mass is 35.5. The molecule has 0 aromatic heterocycles. The Morgan fingerprint density at radius 3 is 2.28 bits per heavy atom. The van der Waals surface area contributed by atoms with Gasteiger partial charge in [-0.2, -0.15) is 0 Å². The van der Waals surface area contributed by atoms with E-state index < -0.39 is 30.6 Å². The highest BCUT2D eigenvalue weighted by Gasteiger charge is 2.41. The molecule has 18 heavy (non-hydrogen) atoms. The molecule has 1 aliphatic heterocycles. The Morgan fingerprint density at radius 2 is 1.67 bits per heavy atom. The van der Waals surface area contributed by atoms with Crippen molar-refractivity contribution in [1.29, 1.82) is 0 Å². The minimum Gasteiger partial charge on any atom is -0.388 e. The van der Waals surface area contributed by atoms with Crippen molar-refractivity contribution in [2.45, 2.75) is 37.6 Å². The Balaban J connectivity index is 2.06. The summed E-state index contributed by atoms with van der Waals surface area (Å²) in [5.41, 5.74) is 0.708. The van der Waals surface area contributed by atoms with Crippen LogP contribution in [0.1, 0.15) is 6.92 Å². The fourth-order valence-electron chi connectivity index (χ4n) is 1.88. The van der Waals surface area contributed by atoms with E-state index in [0.29, 0.717) is 10.7 Å². The van der Waals surface area contributed by atoms with E-state index in [0.717, 1.165) is 0 Å². The predicted octanol–water partition coefficient (Wildman–Crippen LogP) is 0.579. The van der Waals surface area contributed by atoms with E-state index in [2.05, 4.69) is 5.32 Å². The van der Waals surface area contributed by atoms with Gasteiger partial charge >= 0.3 is 0 Å². The minimum absolute atomic E-state index is 0.562. The molecule has 100 valence electrons. The summed E-state index contributed by atoms with van der Waals surface area (Å²) in [5, 5.41) is 32.6. The van der Waals surface area contributed by atoms with Crippen LogP contribution in [0.4, 0.5) is 5.69 Å². The fraction of sp³-hybridized carbons (Fsp3) is 0.500. The predicted molar refractivity (Wildman–Crippen MR) is 67.4 cm³/mol. The first-order chi connectivity index (χ1) is 8.49. The SMILES string of the molecule is C[C@H]1O[C@@H](Nc2ccc(Cl)cc2)[C@@H](O)[C@@H](O)[C@H]1O. The van der Waals surface area contributed by atoms with Crippen LogP contribution >= 0.6 is 11.6 Å². The Kier molecular flexibility index (Phi) is 4.09. The second-order valence-electron chi connectivity index (χ2n) is 4.38. The van der Waals surface area contributed by atoms with Crippen LogP contribution in [0.3, 0.4) is 0 Å². The molecule has 5 atom stereocenters. The van der Waals surface area contributed by atoms with Crippen molar-refractivity contribution in [2.75, 3.05) is 5.32 Å². The lowest BCUT2D eigenvalue weighted by molar-refractivity contribution is -0.209. The van der Waals surface area contributed by atoms with Crippen LogP contribution in [0.25, 0.3) is 0 Å². The summed E-state index contributed by atoms with van der Waals surface area (Å²) in [6.07, 6.45) is -4.87. The summed E-state index contributed by atoms with van der Waals surface area (Å²) in [6, 6.07) is 6.88. The number of aliphatic hydroxyl groups is 3. The molecule has 1 aliphatic rings. The highest BCUT2D eigenvalue weighted by molar-refractivity contribution is 6.30. The summed E-state index contributed by atoms with van der Waals surface area (Å²) in [7, 11) is 0. The van der Waals surface area contributed by atoms with Gasteiger partial charge in [0.15, 0.2) is 6.23 Å². The van der Waals surface area contributed by atoms with E-state index in [1.807, 2.05) is 0 Å². The zero-order valence-corrected chi connectivity index (χ0v) is 10.6. The Hall–Kier alpha value is -0.850. The number of hydrogen-bond donors (Lipinski definition) is 4. The third-order valence-corrected chi connectivity index (χ3v) is 3.26. The highest BCUT2D eigenvalue weighted by Crippen LogP contribution is 2.23. The van der Waals surface area contributed by atoms with E-state index in [4.69, 9.17) is 16.3 Å². The van der Waals surface area contributed by atoms with Gasteiger partial charge in [-0.3, -0.25) is 0 Å². The normalized spacial score (nSPS) is 36.4. The zero-order chi connectivity index (χ0) is 13.3. The van der Waals surface area contributed by atoms with E-state index in [1.165, 1.54) is 0 Å². The molecule has 5 nitrogen and oxygen atoms in total. The first-order valence-electron chi connectivity index (χ1n) is 5.71. The van der Waals surface area contributed by atoms with E-state index in [-0.39, 0.29) is 0 Å². The van der Waals surface area contributed by atoms with Crippen LogP contribution < -0.4 is 5.32 Å². The Morgan fingerprint density at radius 1 is 1.06 bits per heavy atom. The zero-order valence-electron chi connectivity index (χ0n) is 9.82. The third-order valence-electron chi connectivity index (χ3n) is 3.01. The van der Waals surface area contributed by atoms with Gasteiger partial charge in [0, 0.05) is 10.7 Å². The van der Waals surface area contributed by atoms with Crippen molar-refractivity contribution >= 4 is 17.3 Å². The molecule has 0 unspecified atom stereocenters. The number of rotatable bonds is 2. The maximum absolute atomic E-state index is 9.82. The Bertz CT molecular complexity index is 400. The van der Waals surface area contributed by atoms with E-state index >= 15 is 0 Å². The van der Waals surface area contributed by atoms with Gasteiger partial charge in [0.2, 0.25) is 0 Å². The van der Waals surface area contributed by atoms with Crippen molar-refractivity contribution in [1.82, 2.24) is 0 Å². The summed E-state index contributed by atoms with van der Waals surface area (Å²) >= 11 is 5.77. The van der Waals surface area contributed by atoms with Crippen LogP contribution in [-0.4, -0.2) is 46.0 Å². The first-order valence-corrected chi connectivity index (χ1v) is 6.08. The van der Waals surface area contributed by atoms with Crippen molar-refractivity contribution in [2.24, 2.45) is 0 Å². The molecule has 2 rings (SSSR count). The smallest absolute Gasteiger partial charge is 0.157 e. The van der Waals surface area contributed by atoms with Crippen molar-refractivity contribution in [3.05, 3.63) is 29.3 Å². The molecular weight excluding hydrogens is 258 g/mol. The number of nitrogens with one attached hydrogen (secondary N) is 1. The van der Waals surface area contributed by atoms with E-state index in [1.54, 1.807) is 31.2 Å². The van der Waals surface area contributed by atoms with Gasteiger partial charge in [-0.25, -0.2) is 0 Å². The van der Waals surface area contributed by atoms with Gasteiger partial charge in [0.25, 0.3) is 0 Å². The summed E-state index contributed by atoms with van der Waals surface area (Å²) in [6.45, 7) is 1.64. The molecule has 0 saturated carbocycles. The number of halogens is 1. The molecule has 0 aliphatic carbocycles. The van der Waals surface area contributed by atoms with Crippen LogP contribution in [0.15, 0.2) is 24.3 Å². The van der Waals surface area contributed by atoms with E-state index in [9.17, 15) is 15.3 Å². The van der Waals surface area contributed by atoms with Crippen molar-refractivity contribution in [3.63, 3.8) is 0 Å². The van der Waals surface area contributed by atoms with Crippen LogP contribution in [0.2, 0.25) is 5.02 Å². The molecule has 1 aromatic rings. The molecular formula is C12H16ClNO4. The minimum atomic E-state index is -1.24. The van der Waals surface area contributed by atoms with Crippen LogP contribution in [0, 0.1) is 0 Å². The molecule has 0 spiro atoms. The largest absolute Gasteiger partial charge is 0.388 e. The monoisotopic (exact) mass is 273 g/mol. The fourth-order valence-corrected chi connectivity index (χ4v) is 2.01. The van der Waals surface area contributed by atoms with Gasteiger partial charge in [-0.05, 0) is 31.2 Å². The molecule has 0 bridgehead atoms. The molecule has 0 amide bonds. The second-order valence-corrected chi connectivity index (χ2v) is 4.82. The number of ether oxygens (including phenoxy) is 1. The Labute approximate surface area is 110 Å². The molecule has 1 heterocycles. The number of anilines is 1. The molecule has 6 heteroatoms. The molecule has 1 saturated heterocycles. The van der Waals surface area contributed by atoms with Crippen molar-refractivity contribution < 1.29 is 20.1 Å². The summed E-state index contributed by atoms with van der Waals surface area (Å²) in [5.74, 6) is 0.